The molecular formula is C14H29NO. The molecule has 0 aromatic carbocycles. The molecule has 2 nitrogen and oxygen atoms in total. The van der Waals surface area contributed by atoms with E-state index >= 15 is 0 Å². The van der Waals surface area contributed by atoms with Crippen molar-refractivity contribution in [2.45, 2.75) is 73.3 Å². The maximum atomic E-state index is 12.0. The molecule has 0 radical (unpaired) electrons. The molecule has 2 heteroatoms. The van der Waals surface area contributed by atoms with Gasteiger partial charge in [-0.2, -0.15) is 0 Å². The van der Waals surface area contributed by atoms with Crippen LogP contribution in [0.2, 0.25) is 0 Å². The van der Waals surface area contributed by atoms with Crippen LogP contribution in [-0.4, -0.2) is 23.4 Å². The van der Waals surface area contributed by atoms with Crippen LogP contribution in [0.1, 0.15) is 67.2 Å². The van der Waals surface area contributed by atoms with Crippen molar-refractivity contribution in [3.05, 3.63) is 0 Å². The molecule has 0 bridgehead atoms. The Morgan fingerprint density at radius 1 is 1.31 bits per heavy atom. The molecule has 0 spiro atoms. The monoisotopic (exact) mass is 227 g/mol. The predicted molar refractivity (Wildman–Crippen MR) is 70.4 cm³/mol. The number of amides is 1. The van der Waals surface area contributed by atoms with Crippen LogP contribution in [0.5, 0.6) is 0 Å². The lowest BCUT2D eigenvalue weighted by molar-refractivity contribution is -0.133. The number of likely N-dealkylation sites (tertiary alicyclic amines) is 1. The van der Waals surface area contributed by atoms with Gasteiger partial charge in [0.25, 0.3) is 0 Å². The van der Waals surface area contributed by atoms with E-state index in [2.05, 4.69) is 32.6 Å². The molecule has 1 heterocycles. The van der Waals surface area contributed by atoms with Gasteiger partial charge in [-0.1, -0.05) is 41.5 Å². The first-order chi connectivity index (χ1) is 7.44. The quantitative estimate of drug-likeness (QED) is 0.701. The molecule has 1 rings (SSSR count). The van der Waals surface area contributed by atoms with Crippen molar-refractivity contribution in [3.8, 4) is 0 Å². The third-order valence-corrected chi connectivity index (χ3v) is 2.85. The third-order valence-electron chi connectivity index (χ3n) is 2.85. The Bertz CT molecular complexity index is 205. The molecule has 1 unspecified atom stereocenters. The van der Waals surface area contributed by atoms with Crippen molar-refractivity contribution in [2.24, 2.45) is 5.41 Å². The van der Waals surface area contributed by atoms with Gasteiger partial charge in [-0.15, -0.1) is 0 Å². The Hall–Kier alpha value is -0.530. The van der Waals surface area contributed by atoms with Gasteiger partial charge in [-0.05, 0) is 24.7 Å². The average Bonchev–Trinajstić information content (AvgIpc) is 2.66. The summed E-state index contributed by atoms with van der Waals surface area (Å²) < 4.78 is 0. The molecule has 0 aliphatic carbocycles. The zero-order valence-electron chi connectivity index (χ0n) is 12.0. The van der Waals surface area contributed by atoms with E-state index in [0.29, 0.717) is 18.4 Å². The van der Waals surface area contributed by atoms with Crippen molar-refractivity contribution in [1.29, 1.82) is 0 Å². The highest BCUT2D eigenvalue weighted by atomic mass is 16.2. The van der Waals surface area contributed by atoms with E-state index in [4.69, 9.17) is 0 Å². The Balaban J connectivity index is 0.00000106. The lowest BCUT2D eigenvalue weighted by Crippen LogP contribution is -2.37. The van der Waals surface area contributed by atoms with Gasteiger partial charge in [0.1, 0.15) is 0 Å². The second-order valence-electron chi connectivity index (χ2n) is 5.53. The van der Waals surface area contributed by atoms with Gasteiger partial charge in [-0.25, -0.2) is 0 Å². The van der Waals surface area contributed by atoms with Crippen LogP contribution in [0.25, 0.3) is 0 Å². The van der Waals surface area contributed by atoms with E-state index in [9.17, 15) is 4.79 Å². The number of carbonyl (C=O) groups is 1. The summed E-state index contributed by atoms with van der Waals surface area (Å²) in [5.41, 5.74) is 0.123. The zero-order valence-corrected chi connectivity index (χ0v) is 12.0. The summed E-state index contributed by atoms with van der Waals surface area (Å²) >= 11 is 0. The maximum absolute atomic E-state index is 12.0. The van der Waals surface area contributed by atoms with E-state index in [0.717, 1.165) is 13.0 Å². The van der Waals surface area contributed by atoms with Gasteiger partial charge in [0.15, 0.2) is 0 Å². The van der Waals surface area contributed by atoms with Gasteiger partial charge in [0.05, 0.1) is 0 Å². The number of carbonyl (C=O) groups excluding carboxylic acids is 1. The maximum Gasteiger partial charge on any atom is 0.223 e. The van der Waals surface area contributed by atoms with E-state index in [-0.39, 0.29) is 5.41 Å². The van der Waals surface area contributed by atoms with Crippen LogP contribution in [0.3, 0.4) is 0 Å². The SMILES string of the molecule is CC.CCC1CCCN1C(=O)CC(C)(C)C. The minimum atomic E-state index is 0.123. The summed E-state index contributed by atoms with van der Waals surface area (Å²) in [7, 11) is 0. The van der Waals surface area contributed by atoms with Crippen LogP contribution in [0.15, 0.2) is 0 Å². The second kappa shape index (κ2) is 6.93. The van der Waals surface area contributed by atoms with Crippen molar-refractivity contribution in [1.82, 2.24) is 4.90 Å². The Morgan fingerprint density at radius 3 is 2.31 bits per heavy atom. The normalized spacial score (nSPS) is 20.4. The van der Waals surface area contributed by atoms with E-state index in [1.165, 1.54) is 12.8 Å². The molecule has 1 amide bonds. The Labute approximate surface area is 101 Å². The summed E-state index contributed by atoms with van der Waals surface area (Å²) in [5.74, 6) is 0.349. The lowest BCUT2D eigenvalue weighted by Gasteiger charge is -2.27. The number of hydrogen-bond acceptors (Lipinski definition) is 1. The fraction of sp³-hybridized carbons (Fsp3) is 0.929. The third kappa shape index (κ3) is 5.00. The van der Waals surface area contributed by atoms with Crippen LogP contribution < -0.4 is 0 Å². The van der Waals surface area contributed by atoms with Crippen LogP contribution in [0.4, 0.5) is 0 Å². The fourth-order valence-electron chi connectivity index (χ4n) is 2.14. The largest absolute Gasteiger partial charge is 0.340 e. The number of rotatable bonds is 2. The van der Waals surface area contributed by atoms with Gasteiger partial charge < -0.3 is 4.90 Å². The predicted octanol–water partition coefficient (Wildman–Crippen LogP) is 3.85. The topological polar surface area (TPSA) is 20.3 Å². The highest BCUT2D eigenvalue weighted by molar-refractivity contribution is 5.77. The summed E-state index contributed by atoms with van der Waals surface area (Å²) in [4.78, 5) is 14.0. The summed E-state index contributed by atoms with van der Waals surface area (Å²) in [6, 6.07) is 0.518. The van der Waals surface area contributed by atoms with Crippen molar-refractivity contribution in [2.75, 3.05) is 6.54 Å². The lowest BCUT2D eigenvalue weighted by atomic mass is 9.91. The van der Waals surface area contributed by atoms with E-state index < -0.39 is 0 Å². The highest BCUT2D eigenvalue weighted by Gasteiger charge is 2.29. The van der Waals surface area contributed by atoms with Crippen molar-refractivity contribution < 1.29 is 4.79 Å². The minimum absolute atomic E-state index is 0.123. The molecule has 0 aromatic rings. The number of nitrogens with zero attached hydrogens (tertiary/aromatic N) is 1. The molecular weight excluding hydrogens is 198 g/mol. The van der Waals surface area contributed by atoms with Gasteiger partial charge in [0, 0.05) is 19.0 Å². The molecule has 96 valence electrons. The smallest absolute Gasteiger partial charge is 0.223 e. The summed E-state index contributed by atoms with van der Waals surface area (Å²) in [5, 5.41) is 0. The molecule has 1 aliphatic heterocycles. The number of hydrogen-bond donors (Lipinski definition) is 0. The standard InChI is InChI=1S/C12H23NO.C2H6/c1-5-10-7-6-8-13(10)11(14)9-12(2,3)4;1-2/h10H,5-9H2,1-4H3;1-2H3. The molecule has 0 saturated carbocycles. The second-order valence-corrected chi connectivity index (χ2v) is 5.53. The van der Waals surface area contributed by atoms with Gasteiger partial charge in [-0.3, -0.25) is 4.79 Å². The minimum Gasteiger partial charge on any atom is -0.340 e. The molecule has 16 heavy (non-hydrogen) atoms. The Morgan fingerprint density at radius 2 is 1.88 bits per heavy atom. The molecule has 1 saturated heterocycles. The van der Waals surface area contributed by atoms with Gasteiger partial charge >= 0.3 is 0 Å². The van der Waals surface area contributed by atoms with E-state index in [1.807, 2.05) is 13.8 Å². The highest BCUT2D eigenvalue weighted by Crippen LogP contribution is 2.25. The summed E-state index contributed by atoms with van der Waals surface area (Å²) in [6.07, 6.45) is 4.18. The summed E-state index contributed by atoms with van der Waals surface area (Å²) in [6.45, 7) is 13.5. The van der Waals surface area contributed by atoms with Crippen LogP contribution in [-0.2, 0) is 4.79 Å². The van der Waals surface area contributed by atoms with Gasteiger partial charge in [0.2, 0.25) is 5.91 Å². The first-order valence-corrected chi connectivity index (χ1v) is 6.73. The Kier molecular flexibility index (Phi) is 6.70. The average molecular weight is 227 g/mol. The first kappa shape index (κ1) is 15.5. The molecule has 1 fully saturated rings. The fourth-order valence-corrected chi connectivity index (χ4v) is 2.14. The van der Waals surface area contributed by atoms with Crippen LogP contribution >= 0.6 is 0 Å². The first-order valence-electron chi connectivity index (χ1n) is 6.73. The molecule has 1 atom stereocenters. The zero-order chi connectivity index (χ0) is 12.8. The molecule has 0 aromatic heterocycles. The van der Waals surface area contributed by atoms with E-state index in [1.54, 1.807) is 0 Å². The van der Waals surface area contributed by atoms with Crippen molar-refractivity contribution >= 4 is 5.91 Å². The van der Waals surface area contributed by atoms with Crippen molar-refractivity contribution in [3.63, 3.8) is 0 Å². The van der Waals surface area contributed by atoms with Crippen LogP contribution in [0, 0.1) is 5.41 Å². The molecule has 0 N–H and O–H groups in total. The molecule has 1 aliphatic rings.